The molecule has 38 heavy (non-hydrogen) atoms. The van der Waals surface area contributed by atoms with Crippen LogP contribution in [0.5, 0.6) is 5.75 Å². The molecule has 1 aromatic carbocycles. The second-order valence-electron chi connectivity index (χ2n) is 10.6. The SMILES string of the molecule is COc1cc2c(cc1-c1cccc(F)n1)-c1c(-c3cncs3)c3c(n1CC2)C(=O)N(C(C)(C)C)CCOC3. The Morgan fingerprint density at radius 2 is 1.97 bits per heavy atom. The Morgan fingerprint density at radius 3 is 2.68 bits per heavy atom. The molecule has 7 nitrogen and oxygen atoms in total. The van der Waals surface area contributed by atoms with Crippen LogP contribution in [-0.4, -0.2) is 51.1 Å². The lowest BCUT2D eigenvalue weighted by atomic mass is 9.91. The molecule has 0 bridgehead atoms. The lowest BCUT2D eigenvalue weighted by molar-refractivity contribution is 0.0336. The maximum atomic E-state index is 14.2. The summed E-state index contributed by atoms with van der Waals surface area (Å²) in [6, 6.07) is 8.78. The highest BCUT2D eigenvalue weighted by Gasteiger charge is 2.38. The van der Waals surface area contributed by atoms with E-state index in [-0.39, 0.29) is 11.4 Å². The van der Waals surface area contributed by atoms with Crippen LogP contribution in [0.25, 0.3) is 33.0 Å². The standard InChI is InChI=1S/C29H29FN4O3S/c1-29(2,3)34-10-11-37-15-20-25(23-14-31-16-38-23)26-18-13-19(21-6-5-7-24(30)32-21)22(36-4)12-17(18)8-9-33(26)27(20)28(34)35/h5-7,12-14,16H,8-11,15H2,1-4H3. The van der Waals surface area contributed by atoms with Crippen molar-refractivity contribution in [3.05, 3.63) is 64.8 Å². The van der Waals surface area contributed by atoms with Crippen molar-refractivity contribution in [1.29, 1.82) is 0 Å². The average molecular weight is 533 g/mol. The van der Waals surface area contributed by atoms with E-state index in [9.17, 15) is 9.18 Å². The lowest BCUT2D eigenvalue weighted by Crippen LogP contribution is -2.49. The van der Waals surface area contributed by atoms with Crippen molar-refractivity contribution in [2.45, 2.75) is 45.9 Å². The maximum Gasteiger partial charge on any atom is 0.271 e. The number of nitrogens with zero attached hydrogens (tertiary/aromatic N) is 4. The van der Waals surface area contributed by atoms with E-state index in [1.54, 1.807) is 24.8 Å². The van der Waals surface area contributed by atoms with Crippen molar-refractivity contribution in [3.8, 4) is 38.7 Å². The van der Waals surface area contributed by atoms with E-state index in [1.807, 2.05) is 23.2 Å². The van der Waals surface area contributed by atoms with Crippen LogP contribution in [0.15, 0.2) is 42.0 Å². The number of amides is 1. The van der Waals surface area contributed by atoms with Crippen molar-refractivity contribution in [1.82, 2.24) is 19.4 Å². The molecule has 9 heteroatoms. The summed E-state index contributed by atoms with van der Waals surface area (Å²) in [4.78, 5) is 25.6. The summed E-state index contributed by atoms with van der Waals surface area (Å²) in [6.45, 7) is 8.14. The Hall–Kier alpha value is -3.56. The summed E-state index contributed by atoms with van der Waals surface area (Å²) in [5, 5.41) is 0. The van der Waals surface area contributed by atoms with Crippen LogP contribution in [-0.2, 0) is 24.3 Å². The van der Waals surface area contributed by atoms with Crippen LogP contribution in [0, 0.1) is 5.95 Å². The number of hydrogen-bond acceptors (Lipinski definition) is 6. The number of pyridine rings is 1. The van der Waals surface area contributed by atoms with Crippen molar-refractivity contribution >= 4 is 17.2 Å². The first-order valence-corrected chi connectivity index (χ1v) is 13.5. The van der Waals surface area contributed by atoms with Gasteiger partial charge in [0.15, 0.2) is 0 Å². The van der Waals surface area contributed by atoms with Crippen LogP contribution in [0.1, 0.15) is 42.4 Å². The molecule has 0 N–H and O–H groups in total. The van der Waals surface area contributed by atoms with Gasteiger partial charge >= 0.3 is 0 Å². The number of hydrogen-bond donors (Lipinski definition) is 0. The summed E-state index contributed by atoms with van der Waals surface area (Å²) in [6.07, 6.45) is 2.57. The van der Waals surface area contributed by atoms with Gasteiger partial charge in [0.05, 0.1) is 42.1 Å². The van der Waals surface area contributed by atoms with Crippen molar-refractivity contribution in [2.75, 3.05) is 20.3 Å². The number of carbonyl (C=O) groups excluding carboxylic acids is 1. The minimum Gasteiger partial charge on any atom is -0.496 e. The Kier molecular flexibility index (Phi) is 6.07. The van der Waals surface area contributed by atoms with E-state index in [0.717, 1.165) is 39.2 Å². The number of methoxy groups -OCH3 is 1. The van der Waals surface area contributed by atoms with Crippen LogP contribution in [0.2, 0.25) is 0 Å². The first kappa shape index (κ1) is 24.8. The molecule has 0 aliphatic carbocycles. The molecule has 0 atom stereocenters. The van der Waals surface area contributed by atoms with E-state index in [1.165, 1.54) is 17.4 Å². The van der Waals surface area contributed by atoms with Gasteiger partial charge in [-0.2, -0.15) is 4.39 Å². The minimum absolute atomic E-state index is 0.0109. The highest BCUT2D eigenvalue weighted by Crippen LogP contribution is 2.48. The first-order chi connectivity index (χ1) is 18.3. The largest absolute Gasteiger partial charge is 0.496 e. The summed E-state index contributed by atoms with van der Waals surface area (Å²) in [5.74, 6) is 0.0960. The number of rotatable bonds is 3. The number of fused-ring (bicyclic) bond motifs is 5. The fourth-order valence-corrected chi connectivity index (χ4v) is 6.27. The third-order valence-electron chi connectivity index (χ3n) is 7.28. The maximum absolute atomic E-state index is 14.2. The number of halogens is 1. The normalized spacial score (nSPS) is 15.4. The van der Waals surface area contributed by atoms with Crippen molar-refractivity contribution in [3.63, 3.8) is 0 Å². The molecule has 2 aliphatic heterocycles. The zero-order valence-corrected chi connectivity index (χ0v) is 22.7. The number of carbonyl (C=O) groups is 1. The van der Waals surface area contributed by atoms with Gasteiger partial charge in [0, 0.05) is 47.1 Å². The molecule has 5 heterocycles. The molecule has 0 fully saturated rings. The van der Waals surface area contributed by atoms with Gasteiger partial charge in [-0.05, 0) is 57.0 Å². The zero-order chi connectivity index (χ0) is 26.6. The molecule has 6 rings (SSSR count). The highest BCUT2D eigenvalue weighted by molar-refractivity contribution is 7.13. The molecule has 1 amide bonds. The fraction of sp³-hybridized carbons (Fsp3) is 0.345. The lowest BCUT2D eigenvalue weighted by Gasteiger charge is -2.37. The average Bonchev–Trinajstić information content (AvgIpc) is 3.51. The van der Waals surface area contributed by atoms with Crippen LogP contribution < -0.4 is 4.74 Å². The monoisotopic (exact) mass is 532 g/mol. The van der Waals surface area contributed by atoms with E-state index >= 15 is 0 Å². The molecule has 0 saturated heterocycles. The predicted molar refractivity (Wildman–Crippen MR) is 145 cm³/mol. The zero-order valence-electron chi connectivity index (χ0n) is 21.9. The third-order valence-corrected chi connectivity index (χ3v) is 8.07. The molecule has 0 unspecified atom stereocenters. The Morgan fingerprint density at radius 1 is 1.13 bits per heavy atom. The molecule has 3 aromatic heterocycles. The van der Waals surface area contributed by atoms with E-state index in [2.05, 4.69) is 35.3 Å². The van der Waals surface area contributed by atoms with Gasteiger partial charge in [-0.3, -0.25) is 9.78 Å². The molecule has 196 valence electrons. The summed E-state index contributed by atoms with van der Waals surface area (Å²) >= 11 is 1.54. The molecule has 0 radical (unpaired) electrons. The molecular formula is C29H29FN4O3S. The topological polar surface area (TPSA) is 69.5 Å². The summed E-state index contributed by atoms with van der Waals surface area (Å²) in [5.41, 5.74) is 8.19. The van der Waals surface area contributed by atoms with Gasteiger partial charge < -0.3 is 18.9 Å². The van der Waals surface area contributed by atoms with Crippen molar-refractivity contribution < 1.29 is 18.7 Å². The third kappa shape index (κ3) is 4.01. The second kappa shape index (κ2) is 9.32. The predicted octanol–water partition coefficient (Wildman–Crippen LogP) is 5.82. The number of aromatic nitrogens is 3. The minimum atomic E-state index is -0.552. The van der Waals surface area contributed by atoms with Gasteiger partial charge in [0.25, 0.3) is 5.91 Å². The fourth-order valence-electron chi connectivity index (χ4n) is 5.57. The van der Waals surface area contributed by atoms with Crippen LogP contribution >= 0.6 is 11.3 Å². The van der Waals surface area contributed by atoms with Gasteiger partial charge in [0.2, 0.25) is 5.95 Å². The van der Waals surface area contributed by atoms with Gasteiger partial charge in [-0.15, -0.1) is 11.3 Å². The van der Waals surface area contributed by atoms with E-state index in [0.29, 0.717) is 49.0 Å². The molecule has 0 spiro atoms. The van der Waals surface area contributed by atoms with Crippen LogP contribution in [0.4, 0.5) is 4.39 Å². The number of ether oxygens (including phenoxy) is 2. The Bertz CT molecular complexity index is 1540. The molecule has 4 aromatic rings. The molecular weight excluding hydrogens is 503 g/mol. The number of benzene rings is 1. The highest BCUT2D eigenvalue weighted by atomic mass is 32.1. The van der Waals surface area contributed by atoms with Gasteiger partial charge in [0.1, 0.15) is 11.4 Å². The van der Waals surface area contributed by atoms with E-state index < -0.39 is 5.95 Å². The quantitative estimate of drug-likeness (QED) is 0.311. The van der Waals surface area contributed by atoms with Gasteiger partial charge in [-0.1, -0.05) is 6.07 Å². The smallest absolute Gasteiger partial charge is 0.271 e. The Balaban J connectivity index is 1.65. The first-order valence-electron chi connectivity index (χ1n) is 12.7. The number of thiazole rings is 1. The van der Waals surface area contributed by atoms with Gasteiger partial charge in [-0.25, -0.2) is 4.98 Å². The summed E-state index contributed by atoms with van der Waals surface area (Å²) in [7, 11) is 1.61. The van der Waals surface area contributed by atoms with Crippen LogP contribution in [0.3, 0.4) is 0 Å². The Labute approximate surface area is 224 Å². The molecule has 0 saturated carbocycles. The number of aryl methyl sites for hydroxylation is 1. The molecule has 2 aliphatic rings. The summed E-state index contributed by atoms with van der Waals surface area (Å²) < 4.78 is 28.1. The van der Waals surface area contributed by atoms with E-state index in [4.69, 9.17) is 9.47 Å². The van der Waals surface area contributed by atoms with Crippen molar-refractivity contribution in [2.24, 2.45) is 0 Å². The second-order valence-corrected chi connectivity index (χ2v) is 11.4.